The highest BCUT2D eigenvalue weighted by Crippen LogP contribution is 2.29. The first kappa shape index (κ1) is 10.7. The lowest BCUT2D eigenvalue weighted by Crippen LogP contribution is -2.16. The molecule has 1 aliphatic carbocycles. The van der Waals surface area contributed by atoms with Crippen molar-refractivity contribution in [2.45, 2.75) is 46.3 Å². The Hall–Kier alpha value is -0.830. The third-order valence-electron chi connectivity index (χ3n) is 2.92. The Bertz CT molecular complexity index is 316. The average Bonchev–Trinajstić information content (AvgIpc) is 2.68. The summed E-state index contributed by atoms with van der Waals surface area (Å²) >= 11 is 0. The van der Waals surface area contributed by atoms with E-state index >= 15 is 0 Å². The minimum atomic E-state index is 0.661. The molecule has 1 aromatic rings. The van der Waals surface area contributed by atoms with Crippen molar-refractivity contribution in [1.82, 2.24) is 15.1 Å². The number of rotatable bonds is 5. The fourth-order valence-electron chi connectivity index (χ4n) is 1.83. The molecule has 3 nitrogen and oxygen atoms in total. The summed E-state index contributed by atoms with van der Waals surface area (Å²) in [5.74, 6) is 1.53. The largest absolute Gasteiger partial charge is 0.310 e. The second-order valence-corrected chi connectivity index (χ2v) is 5.16. The highest BCUT2D eigenvalue weighted by molar-refractivity contribution is 5.05. The van der Waals surface area contributed by atoms with Crippen molar-refractivity contribution in [2.24, 2.45) is 11.8 Å². The Labute approximate surface area is 91.9 Å². The van der Waals surface area contributed by atoms with Crippen molar-refractivity contribution in [3.63, 3.8) is 0 Å². The van der Waals surface area contributed by atoms with E-state index in [1.54, 1.807) is 0 Å². The van der Waals surface area contributed by atoms with E-state index in [1.807, 2.05) is 10.9 Å². The van der Waals surface area contributed by atoms with E-state index < -0.39 is 0 Å². The zero-order valence-electron chi connectivity index (χ0n) is 9.90. The summed E-state index contributed by atoms with van der Waals surface area (Å²) in [5.41, 5.74) is 1.30. The van der Waals surface area contributed by atoms with Crippen LogP contribution in [0.15, 0.2) is 12.4 Å². The molecular weight excluding hydrogens is 186 g/mol. The molecule has 0 aliphatic heterocycles. The van der Waals surface area contributed by atoms with Crippen LogP contribution in [0.1, 0.15) is 32.8 Å². The Kier molecular flexibility index (Phi) is 3.10. The quantitative estimate of drug-likeness (QED) is 0.800. The first-order valence-corrected chi connectivity index (χ1v) is 5.90. The first-order valence-electron chi connectivity index (χ1n) is 5.90. The third-order valence-corrected chi connectivity index (χ3v) is 2.92. The van der Waals surface area contributed by atoms with Gasteiger partial charge in [0.15, 0.2) is 0 Å². The second-order valence-electron chi connectivity index (χ2n) is 5.16. The van der Waals surface area contributed by atoms with Gasteiger partial charge in [-0.1, -0.05) is 20.8 Å². The van der Waals surface area contributed by atoms with E-state index in [-0.39, 0.29) is 0 Å². The van der Waals surface area contributed by atoms with E-state index in [4.69, 9.17) is 0 Å². The number of hydrogen-bond donors (Lipinski definition) is 1. The SMILES string of the molecule is CC(C)Cn1cc(CNC2CC2C)cn1. The maximum atomic E-state index is 4.35. The van der Waals surface area contributed by atoms with Gasteiger partial charge in [-0.05, 0) is 18.3 Å². The van der Waals surface area contributed by atoms with Crippen LogP contribution in [0.25, 0.3) is 0 Å². The average molecular weight is 207 g/mol. The lowest BCUT2D eigenvalue weighted by atomic mass is 10.2. The van der Waals surface area contributed by atoms with Crippen LogP contribution >= 0.6 is 0 Å². The Morgan fingerprint density at radius 2 is 2.33 bits per heavy atom. The molecule has 3 heteroatoms. The van der Waals surface area contributed by atoms with Crippen LogP contribution in [0.2, 0.25) is 0 Å². The monoisotopic (exact) mass is 207 g/mol. The summed E-state index contributed by atoms with van der Waals surface area (Å²) in [6, 6.07) is 0.749. The molecule has 0 amide bonds. The fourth-order valence-corrected chi connectivity index (χ4v) is 1.83. The number of hydrogen-bond acceptors (Lipinski definition) is 2. The summed E-state index contributed by atoms with van der Waals surface area (Å²) in [6.45, 7) is 8.70. The molecule has 1 saturated carbocycles. The number of nitrogens with zero attached hydrogens (tertiary/aromatic N) is 2. The molecule has 1 N–H and O–H groups in total. The van der Waals surface area contributed by atoms with Crippen LogP contribution in [0.5, 0.6) is 0 Å². The normalized spacial score (nSPS) is 24.8. The molecule has 0 aromatic carbocycles. The Morgan fingerprint density at radius 1 is 1.60 bits per heavy atom. The molecule has 0 spiro atoms. The molecule has 2 unspecified atom stereocenters. The van der Waals surface area contributed by atoms with Gasteiger partial charge >= 0.3 is 0 Å². The van der Waals surface area contributed by atoms with Gasteiger partial charge in [0.2, 0.25) is 0 Å². The predicted octanol–water partition coefficient (Wildman–Crippen LogP) is 2.04. The van der Waals surface area contributed by atoms with E-state index in [9.17, 15) is 0 Å². The Balaban J connectivity index is 1.79. The van der Waals surface area contributed by atoms with Gasteiger partial charge in [-0.15, -0.1) is 0 Å². The summed E-state index contributed by atoms with van der Waals surface area (Å²) in [6.07, 6.45) is 5.46. The summed E-state index contributed by atoms with van der Waals surface area (Å²) in [4.78, 5) is 0. The molecule has 2 atom stereocenters. The van der Waals surface area contributed by atoms with E-state index in [2.05, 4.69) is 37.4 Å². The van der Waals surface area contributed by atoms with Gasteiger partial charge in [-0.2, -0.15) is 5.10 Å². The van der Waals surface area contributed by atoms with Gasteiger partial charge < -0.3 is 5.32 Å². The number of aromatic nitrogens is 2. The van der Waals surface area contributed by atoms with Crippen molar-refractivity contribution in [2.75, 3.05) is 0 Å². The molecule has 15 heavy (non-hydrogen) atoms. The molecule has 1 heterocycles. The van der Waals surface area contributed by atoms with Crippen molar-refractivity contribution in [1.29, 1.82) is 0 Å². The van der Waals surface area contributed by atoms with Gasteiger partial charge in [-0.25, -0.2) is 0 Å². The van der Waals surface area contributed by atoms with Crippen LogP contribution in [0, 0.1) is 11.8 Å². The molecule has 84 valence electrons. The summed E-state index contributed by atoms with van der Waals surface area (Å²) in [7, 11) is 0. The minimum Gasteiger partial charge on any atom is -0.310 e. The van der Waals surface area contributed by atoms with Crippen molar-refractivity contribution in [3.8, 4) is 0 Å². The molecule has 0 saturated heterocycles. The van der Waals surface area contributed by atoms with Gasteiger partial charge in [0, 0.05) is 30.9 Å². The first-order chi connectivity index (χ1) is 7.15. The van der Waals surface area contributed by atoms with Crippen molar-refractivity contribution >= 4 is 0 Å². The molecule has 1 aliphatic rings. The second kappa shape index (κ2) is 4.35. The summed E-state index contributed by atoms with van der Waals surface area (Å²) < 4.78 is 2.04. The highest BCUT2D eigenvalue weighted by atomic mass is 15.3. The van der Waals surface area contributed by atoms with Crippen LogP contribution in [0.4, 0.5) is 0 Å². The maximum absolute atomic E-state index is 4.35. The Morgan fingerprint density at radius 3 is 2.93 bits per heavy atom. The number of nitrogens with one attached hydrogen (secondary N) is 1. The highest BCUT2D eigenvalue weighted by Gasteiger charge is 2.31. The van der Waals surface area contributed by atoms with Crippen molar-refractivity contribution in [3.05, 3.63) is 18.0 Å². The fraction of sp³-hybridized carbons (Fsp3) is 0.750. The minimum absolute atomic E-state index is 0.661. The lowest BCUT2D eigenvalue weighted by Gasteiger charge is -2.03. The molecule has 2 rings (SSSR count). The van der Waals surface area contributed by atoms with Gasteiger partial charge in [0.25, 0.3) is 0 Å². The lowest BCUT2D eigenvalue weighted by molar-refractivity contribution is 0.482. The van der Waals surface area contributed by atoms with E-state index in [0.29, 0.717) is 5.92 Å². The zero-order chi connectivity index (χ0) is 10.8. The maximum Gasteiger partial charge on any atom is 0.0534 e. The van der Waals surface area contributed by atoms with Gasteiger partial charge in [-0.3, -0.25) is 4.68 Å². The van der Waals surface area contributed by atoms with Crippen LogP contribution in [-0.2, 0) is 13.1 Å². The smallest absolute Gasteiger partial charge is 0.0534 e. The molecular formula is C12H21N3. The molecule has 0 bridgehead atoms. The van der Waals surface area contributed by atoms with Crippen molar-refractivity contribution < 1.29 is 0 Å². The standard InChI is InChI=1S/C12H21N3/c1-9(2)7-15-8-11(6-14-15)5-13-12-4-10(12)3/h6,8-10,12-13H,4-5,7H2,1-3H3. The van der Waals surface area contributed by atoms with E-state index in [0.717, 1.165) is 25.0 Å². The topological polar surface area (TPSA) is 29.9 Å². The summed E-state index contributed by atoms with van der Waals surface area (Å²) in [5, 5.41) is 7.89. The van der Waals surface area contributed by atoms with Crippen LogP contribution in [-0.4, -0.2) is 15.8 Å². The molecule has 1 fully saturated rings. The van der Waals surface area contributed by atoms with Crippen LogP contribution in [0.3, 0.4) is 0 Å². The van der Waals surface area contributed by atoms with Gasteiger partial charge in [0.1, 0.15) is 0 Å². The third kappa shape index (κ3) is 3.06. The predicted molar refractivity (Wildman–Crippen MR) is 61.5 cm³/mol. The molecule has 0 radical (unpaired) electrons. The molecule has 1 aromatic heterocycles. The van der Waals surface area contributed by atoms with E-state index in [1.165, 1.54) is 12.0 Å². The van der Waals surface area contributed by atoms with Gasteiger partial charge in [0.05, 0.1) is 6.20 Å². The zero-order valence-corrected chi connectivity index (χ0v) is 9.90. The van der Waals surface area contributed by atoms with Crippen LogP contribution < -0.4 is 5.32 Å².